The number of ketones is 1. The summed E-state index contributed by atoms with van der Waals surface area (Å²) in [6, 6.07) is 7.80. The largest absolute Gasteiger partial charge is 0.506 e. The lowest BCUT2D eigenvalue weighted by Gasteiger charge is -2.25. The number of ether oxygens (including phenoxy) is 2. The average Bonchev–Trinajstić information content (AvgIpc) is 3.01. The standard InChI is InChI=1S/C22H24N2O5/c1-4-5-13-24-19(14-9-11-23-12-10-14)18(21(26)22(24)27)20(25)17-15(28-2)7-6-8-16(17)29-3/h6-12,19,25H,4-5,13H2,1-3H3/b20-18+. The molecule has 1 unspecified atom stereocenters. The lowest BCUT2D eigenvalue weighted by atomic mass is 9.95. The third-order valence-electron chi connectivity index (χ3n) is 4.98. The minimum atomic E-state index is -0.728. The Bertz CT molecular complexity index is 917. The van der Waals surface area contributed by atoms with E-state index in [1.54, 1.807) is 42.7 Å². The molecule has 1 aromatic heterocycles. The van der Waals surface area contributed by atoms with Crippen LogP contribution < -0.4 is 9.47 Å². The van der Waals surface area contributed by atoms with Crippen molar-refractivity contribution in [2.75, 3.05) is 20.8 Å². The summed E-state index contributed by atoms with van der Waals surface area (Å²) < 4.78 is 10.7. The van der Waals surface area contributed by atoms with Crippen molar-refractivity contribution in [2.45, 2.75) is 25.8 Å². The normalized spacial score (nSPS) is 18.2. The molecule has 1 saturated heterocycles. The van der Waals surface area contributed by atoms with Gasteiger partial charge >= 0.3 is 0 Å². The Balaban J connectivity index is 2.25. The van der Waals surface area contributed by atoms with Crippen molar-refractivity contribution in [3.05, 3.63) is 59.4 Å². The Kier molecular flexibility index (Phi) is 6.16. The number of rotatable bonds is 7. The third kappa shape index (κ3) is 3.68. The average molecular weight is 396 g/mol. The SMILES string of the molecule is CCCCN1C(=O)C(=O)/C(=C(/O)c2c(OC)cccc2OC)C1c1ccncc1. The van der Waals surface area contributed by atoms with Crippen LogP contribution in [-0.2, 0) is 9.59 Å². The minimum absolute atomic E-state index is 0.0140. The van der Waals surface area contributed by atoms with Gasteiger partial charge in [0.25, 0.3) is 11.7 Å². The van der Waals surface area contributed by atoms with E-state index in [1.165, 1.54) is 19.1 Å². The summed E-state index contributed by atoms with van der Waals surface area (Å²) in [5.41, 5.74) is 0.955. The molecule has 0 bridgehead atoms. The highest BCUT2D eigenvalue weighted by Crippen LogP contribution is 2.43. The van der Waals surface area contributed by atoms with E-state index < -0.39 is 17.7 Å². The van der Waals surface area contributed by atoms with Crippen molar-refractivity contribution in [3.63, 3.8) is 0 Å². The highest BCUT2D eigenvalue weighted by molar-refractivity contribution is 6.46. The first kappa shape index (κ1) is 20.4. The summed E-state index contributed by atoms with van der Waals surface area (Å²) in [6.45, 7) is 2.42. The topological polar surface area (TPSA) is 89.0 Å². The maximum Gasteiger partial charge on any atom is 0.295 e. The number of Topliss-reactive ketones (excluding diaryl/α,β-unsaturated/α-hetero) is 1. The summed E-state index contributed by atoms with van der Waals surface area (Å²) in [5, 5.41) is 11.2. The van der Waals surface area contributed by atoms with Gasteiger partial charge in [-0.3, -0.25) is 14.6 Å². The van der Waals surface area contributed by atoms with Gasteiger partial charge in [0.05, 0.1) is 25.8 Å². The first-order valence-electron chi connectivity index (χ1n) is 9.44. The number of hydrogen-bond acceptors (Lipinski definition) is 6. The molecule has 0 saturated carbocycles. The lowest BCUT2D eigenvalue weighted by Crippen LogP contribution is -2.30. The molecule has 3 rings (SSSR count). The van der Waals surface area contributed by atoms with Crippen molar-refractivity contribution in [3.8, 4) is 11.5 Å². The van der Waals surface area contributed by atoms with Crippen LogP contribution >= 0.6 is 0 Å². The summed E-state index contributed by atoms with van der Waals surface area (Å²) in [5.74, 6) is -0.993. The van der Waals surface area contributed by atoms with E-state index in [0.29, 0.717) is 23.6 Å². The molecule has 0 aliphatic carbocycles. The van der Waals surface area contributed by atoms with Crippen LogP contribution in [0.25, 0.3) is 5.76 Å². The van der Waals surface area contributed by atoms with Gasteiger partial charge in [-0.1, -0.05) is 19.4 Å². The van der Waals surface area contributed by atoms with Gasteiger partial charge in [-0.05, 0) is 36.2 Å². The molecule has 2 heterocycles. The summed E-state index contributed by atoms with van der Waals surface area (Å²) in [6.07, 6.45) is 4.80. The van der Waals surface area contributed by atoms with Gasteiger partial charge in [0.15, 0.2) is 0 Å². The van der Waals surface area contributed by atoms with Crippen LogP contribution in [0.15, 0.2) is 48.3 Å². The van der Waals surface area contributed by atoms with E-state index in [4.69, 9.17) is 9.47 Å². The molecule has 152 valence electrons. The van der Waals surface area contributed by atoms with Gasteiger partial charge in [-0.25, -0.2) is 0 Å². The van der Waals surface area contributed by atoms with Crippen LogP contribution in [0.4, 0.5) is 0 Å². The van der Waals surface area contributed by atoms with Crippen molar-refractivity contribution >= 4 is 17.4 Å². The first-order valence-corrected chi connectivity index (χ1v) is 9.44. The monoisotopic (exact) mass is 396 g/mol. The van der Waals surface area contributed by atoms with Crippen molar-refractivity contribution < 1.29 is 24.2 Å². The quantitative estimate of drug-likeness (QED) is 0.439. The number of methoxy groups -OCH3 is 2. The molecule has 1 amide bonds. The molecule has 1 fully saturated rings. The number of benzene rings is 1. The highest BCUT2D eigenvalue weighted by atomic mass is 16.5. The van der Waals surface area contributed by atoms with E-state index in [0.717, 1.165) is 12.8 Å². The number of amides is 1. The lowest BCUT2D eigenvalue weighted by molar-refractivity contribution is -0.139. The predicted octanol–water partition coefficient (Wildman–Crippen LogP) is 3.32. The molecule has 1 aromatic carbocycles. The van der Waals surface area contributed by atoms with Gasteiger partial charge in [-0.15, -0.1) is 0 Å². The molecule has 1 aliphatic rings. The summed E-state index contributed by atoms with van der Waals surface area (Å²) in [7, 11) is 2.93. The Morgan fingerprint density at radius 3 is 2.28 bits per heavy atom. The van der Waals surface area contributed by atoms with Crippen molar-refractivity contribution in [1.29, 1.82) is 0 Å². The van der Waals surface area contributed by atoms with Crippen LogP contribution in [0.1, 0.15) is 36.9 Å². The summed E-state index contributed by atoms with van der Waals surface area (Å²) >= 11 is 0. The Morgan fingerprint density at radius 1 is 1.10 bits per heavy atom. The molecule has 0 radical (unpaired) electrons. The van der Waals surface area contributed by atoms with Crippen molar-refractivity contribution in [1.82, 2.24) is 9.88 Å². The molecule has 1 N–H and O–H groups in total. The van der Waals surface area contributed by atoms with E-state index in [1.807, 2.05) is 6.92 Å². The number of hydrogen-bond donors (Lipinski definition) is 1. The maximum atomic E-state index is 13.0. The molecule has 2 aromatic rings. The summed E-state index contributed by atoms with van der Waals surface area (Å²) in [4.78, 5) is 31.3. The van der Waals surface area contributed by atoms with E-state index in [2.05, 4.69) is 4.98 Å². The number of aromatic nitrogens is 1. The molecular weight excluding hydrogens is 372 g/mol. The fourth-order valence-electron chi connectivity index (χ4n) is 3.55. The Morgan fingerprint density at radius 2 is 1.72 bits per heavy atom. The van der Waals surface area contributed by atoms with Gasteiger partial charge in [0.1, 0.15) is 22.8 Å². The number of pyridine rings is 1. The fourth-order valence-corrected chi connectivity index (χ4v) is 3.55. The molecule has 1 atom stereocenters. The van der Waals surface area contributed by atoms with E-state index >= 15 is 0 Å². The van der Waals surface area contributed by atoms with Gasteiger partial charge in [0.2, 0.25) is 0 Å². The van der Waals surface area contributed by atoms with Crippen molar-refractivity contribution in [2.24, 2.45) is 0 Å². The number of aliphatic hydroxyl groups excluding tert-OH is 1. The van der Waals surface area contributed by atoms with E-state index in [9.17, 15) is 14.7 Å². The number of likely N-dealkylation sites (tertiary alicyclic amines) is 1. The molecule has 0 spiro atoms. The van der Waals surface area contributed by atoms with Crippen LogP contribution in [0.5, 0.6) is 11.5 Å². The van der Waals surface area contributed by atoms with Gasteiger partial charge in [0, 0.05) is 18.9 Å². The van der Waals surface area contributed by atoms with Crippen LogP contribution in [0, 0.1) is 0 Å². The zero-order valence-corrected chi connectivity index (χ0v) is 16.7. The third-order valence-corrected chi connectivity index (χ3v) is 4.98. The van der Waals surface area contributed by atoms with Crippen LogP contribution in [-0.4, -0.2) is 47.4 Å². The number of unbranched alkanes of at least 4 members (excludes halogenated alkanes) is 1. The zero-order valence-electron chi connectivity index (χ0n) is 16.7. The van der Waals surface area contributed by atoms with Gasteiger partial charge in [-0.2, -0.15) is 0 Å². The minimum Gasteiger partial charge on any atom is -0.506 e. The van der Waals surface area contributed by atoms with Gasteiger partial charge < -0.3 is 19.5 Å². The first-order chi connectivity index (χ1) is 14.0. The number of carbonyl (C=O) groups is 2. The van der Waals surface area contributed by atoms with Crippen LogP contribution in [0.3, 0.4) is 0 Å². The second-order valence-corrected chi connectivity index (χ2v) is 6.66. The molecule has 29 heavy (non-hydrogen) atoms. The highest BCUT2D eigenvalue weighted by Gasteiger charge is 2.46. The second kappa shape index (κ2) is 8.77. The van der Waals surface area contributed by atoms with E-state index in [-0.39, 0.29) is 16.9 Å². The number of nitrogens with zero attached hydrogens (tertiary/aromatic N) is 2. The van der Waals surface area contributed by atoms with Crippen LogP contribution in [0.2, 0.25) is 0 Å². The number of carbonyl (C=O) groups excluding carboxylic acids is 2. The smallest absolute Gasteiger partial charge is 0.295 e. The Hall–Kier alpha value is -3.35. The molecule has 7 nitrogen and oxygen atoms in total. The molecular formula is C22H24N2O5. The number of aliphatic hydroxyl groups is 1. The fraction of sp³-hybridized carbons (Fsp3) is 0.318. The Labute approximate surface area is 169 Å². The molecule has 1 aliphatic heterocycles. The predicted molar refractivity (Wildman–Crippen MR) is 108 cm³/mol. The molecule has 7 heteroatoms. The second-order valence-electron chi connectivity index (χ2n) is 6.66. The zero-order chi connectivity index (χ0) is 21.0. The maximum absolute atomic E-state index is 13.0.